The lowest BCUT2D eigenvalue weighted by atomic mass is 10.2. The molecule has 8 heteroatoms. The number of hydrogen-bond donors (Lipinski definition) is 0. The van der Waals surface area contributed by atoms with E-state index < -0.39 is 18.9 Å². The van der Waals surface area contributed by atoms with E-state index in [-0.39, 0.29) is 19.2 Å². The van der Waals surface area contributed by atoms with Crippen molar-refractivity contribution in [1.82, 2.24) is 4.90 Å². The molecular formula is C13H16F3NO3S. The molecule has 1 aliphatic rings. The molecule has 0 radical (unpaired) electrons. The average Bonchev–Trinajstić information content (AvgIpc) is 3.07. The minimum Gasteiger partial charge on any atom is -0.440 e. The lowest BCUT2D eigenvalue weighted by Crippen LogP contribution is -2.38. The van der Waals surface area contributed by atoms with Crippen LogP contribution in [0.15, 0.2) is 17.5 Å². The first-order valence-electron chi connectivity index (χ1n) is 6.56. The Bertz CT molecular complexity index is 444. The molecule has 1 unspecified atom stereocenters. The molecule has 0 N–H and O–H groups in total. The van der Waals surface area contributed by atoms with Crippen LogP contribution in [-0.4, -0.2) is 43.0 Å². The Balaban J connectivity index is 1.94. The lowest BCUT2D eigenvalue weighted by molar-refractivity contribution is -0.162. The lowest BCUT2D eigenvalue weighted by Gasteiger charge is -2.24. The molecule has 0 aliphatic carbocycles. The Kier molecular flexibility index (Phi) is 5.46. The number of halogens is 3. The van der Waals surface area contributed by atoms with Crippen LogP contribution in [0, 0.1) is 0 Å². The van der Waals surface area contributed by atoms with Crippen molar-refractivity contribution in [2.24, 2.45) is 0 Å². The largest absolute Gasteiger partial charge is 0.440 e. The van der Waals surface area contributed by atoms with Crippen LogP contribution in [0.2, 0.25) is 0 Å². The Labute approximate surface area is 124 Å². The SMILES string of the molecule is O=C(OCC(F)(F)F)N(Cc1cccs1)CC1CCCO1. The third-order valence-electron chi connectivity index (χ3n) is 2.99. The fourth-order valence-corrected chi connectivity index (χ4v) is 2.78. The predicted octanol–water partition coefficient (Wildman–Crippen LogP) is 3.43. The van der Waals surface area contributed by atoms with Crippen molar-refractivity contribution in [1.29, 1.82) is 0 Å². The Hall–Kier alpha value is -1.28. The standard InChI is InChI=1S/C13H16F3NO3S/c14-13(15,16)9-20-12(18)17(7-10-3-1-5-19-10)8-11-4-2-6-21-11/h2,4,6,10H,1,3,5,7-9H2. The van der Waals surface area contributed by atoms with Crippen LogP contribution >= 0.6 is 11.3 Å². The highest BCUT2D eigenvalue weighted by atomic mass is 32.1. The summed E-state index contributed by atoms with van der Waals surface area (Å²) in [7, 11) is 0. The van der Waals surface area contributed by atoms with Crippen molar-refractivity contribution in [2.75, 3.05) is 19.8 Å². The quantitative estimate of drug-likeness (QED) is 0.833. The monoisotopic (exact) mass is 323 g/mol. The van der Waals surface area contributed by atoms with E-state index in [1.54, 1.807) is 0 Å². The van der Waals surface area contributed by atoms with Crippen molar-refractivity contribution in [2.45, 2.75) is 31.7 Å². The summed E-state index contributed by atoms with van der Waals surface area (Å²) in [4.78, 5) is 14.0. The minimum atomic E-state index is -4.52. The van der Waals surface area contributed by atoms with Crippen LogP contribution in [0.1, 0.15) is 17.7 Å². The van der Waals surface area contributed by atoms with Crippen molar-refractivity contribution >= 4 is 17.4 Å². The van der Waals surface area contributed by atoms with E-state index in [1.807, 2.05) is 17.5 Å². The molecule has 0 saturated carbocycles. The van der Waals surface area contributed by atoms with Crippen LogP contribution in [0.5, 0.6) is 0 Å². The predicted molar refractivity (Wildman–Crippen MR) is 71.1 cm³/mol. The summed E-state index contributed by atoms with van der Waals surface area (Å²) in [6.07, 6.45) is -3.92. The molecule has 1 amide bonds. The van der Waals surface area contributed by atoms with Crippen LogP contribution in [0.25, 0.3) is 0 Å². The van der Waals surface area contributed by atoms with Gasteiger partial charge in [0.2, 0.25) is 0 Å². The molecule has 1 aromatic heterocycles. The van der Waals surface area contributed by atoms with Gasteiger partial charge in [-0.15, -0.1) is 11.3 Å². The van der Waals surface area contributed by atoms with Crippen molar-refractivity contribution < 1.29 is 27.4 Å². The first-order valence-corrected chi connectivity index (χ1v) is 7.44. The average molecular weight is 323 g/mol. The number of alkyl halides is 3. The molecule has 21 heavy (non-hydrogen) atoms. The van der Waals surface area contributed by atoms with E-state index in [2.05, 4.69) is 4.74 Å². The van der Waals surface area contributed by atoms with Gasteiger partial charge in [0.25, 0.3) is 0 Å². The molecule has 1 aliphatic heterocycles. The highest BCUT2D eigenvalue weighted by molar-refractivity contribution is 7.09. The number of rotatable bonds is 5. The van der Waals surface area contributed by atoms with Crippen molar-refractivity contribution in [3.63, 3.8) is 0 Å². The highest BCUT2D eigenvalue weighted by Crippen LogP contribution is 2.19. The Morgan fingerprint density at radius 1 is 1.52 bits per heavy atom. The number of amides is 1. The first-order chi connectivity index (χ1) is 9.94. The molecule has 1 fully saturated rings. The zero-order chi connectivity index (χ0) is 15.3. The maximum Gasteiger partial charge on any atom is 0.422 e. The highest BCUT2D eigenvalue weighted by Gasteiger charge is 2.31. The van der Waals surface area contributed by atoms with Crippen LogP contribution in [0.3, 0.4) is 0 Å². The molecule has 0 aromatic carbocycles. The summed E-state index contributed by atoms with van der Waals surface area (Å²) in [5.74, 6) is 0. The van der Waals surface area contributed by atoms with E-state index in [1.165, 1.54) is 16.2 Å². The molecule has 2 rings (SSSR count). The van der Waals surface area contributed by atoms with Gasteiger partial charge in [0.1, 0.15) is 0 Å². The summed E-state index contributed by atoms with van der Waals surface area (Å²) in [5.41, 5.74) is 0. The van der Waals surface area contributed by atoms with Gasteiger partial charge >= 0.3 is 12.3 Å². The smallest absolute Gasteiger partial charge is 0.422 e. The van der Waals surface area contributed by atoms with E-state index in [4.69, 9.17) is 4.74 Å². The third-order valence-corrected chi connectivity index (χ3v) is 3.85. The summed E-state index contributed by atoms with van der Waals surface area (Å²) in [5, 5.41) is 1.85. The molecule has 1 atom stereocenters. The van der Waals surface area contributed by atoms with Gasteiger partial charge in [-0.2, -0.15) is 13.2 Å². The van der Waals surface area contributed by atoms with Crippen molar-refractivity contribution in [3.8, 4) is 0 Å². The summed E-state index contributed by atoms with van der Waals surface area (Å²) in [6.45, 7) is -0.476. The maximum atomic E-state index is 12.1. The summed E-state index contributed by atoms with van der Waals surface area (Å²) in [6, 6.07) is 3.65. The second-order valence-electron chi connectivity index (χ2n) is 4.76. The topological polar surface area (TPSA) is 38.8 Å². The van der Waals surface area contributed by atoms with E-state index in [0.717, 1.165) is 17.7 Å². The number of carbonyl (C=O) groups is 1. The second-order valence-corrected chi connectivity index (χ2v) is 5.80. The van der Waals surface area contributed by atoms with Gasteiger partial charge in [-0.25, -0.2) is 4.79 Å². The normalized spacial score (nSPS) is 18.7. The molecule has 0 bridgehead atoms. The molecule has 1 saturated heterocycles. The van der Waals surface area contributed by atoms with Gasteiger partial charge in [0, 0.05) is 11.5 Å². The number of nitrogens with zero attached hydrogens (tertiary/aromatic N) is 1. The number of ether oxygens (including phenoxy) is 2. The zero-order valence-electron chi connectivity index (χ0n) is 11.3. The maximum absolute atomic E-state index is 12.1. The van der Waals surface area contributed by atoms with Gasteiger partial charge in [-0.1, -0.05) is 6.07 Å². The molecular weight excluding hydrogens is 307 g/mol. The van der Waals surface area contributed by atoms with Crippen LogP contribution < -0.4 is 0 Å². The molecule has 1 aromatic rings. The zero-order valence-corrected chi connectivity index (χ0v) is 12.1. The van der Waals surface area contributed by atoms with Crippen molar-refractivity contribution in [3.05, 3.63) is 22.4 Å². The summed E-state index contributed by atoms with van der Waals surface area (Å²) < 4.78 is 46.2. The van der Waals surface area contributed by atoms with Gasteiger partial charge in [-0.3, -0.25) is 0 Å². The first kappa shape index (κ1) is 16.1. The second kappa shape index (κ2) is 7.13. The Morgan fingerprint density at radius 3 is 2.90 bits per heavy atom. The van der Waals surface area contributed by atoms with Gasteiger partial charge in [-0.05, 0) is 24.3 Å². The minimum absolute atomic E-state index is 0.136. The van der Waals surface area contributed by atoms with E-state index in [0.29, 0.717) is 6.61 Å². The van der Waals surface area contributed by atoms with Crippen LogP contribution in [0.4, 0.5) is 18.0 Å². The fourth-order valence-electron chi connectivity index (χ4n) is 2.06. The van der Waals surface area contributed by atoms with E-state index in [9.17, 15) is 18.0 Å². The van der Waals surface area contributed by atoms with Gasteiger partial charge in [0.05, 0.1) is 19.2 Å². The Morgan fingerprint density at radius 2 is 2.33 bits per heavy atom. The molecule has 118 valence electrons. The molecule has 2 heterocycles. The third kappa shape index (κ3) is 5.55. The molecule has 4 nitrogen and oxygen atoms in total. The van der Waals surface area contributed by atoms with Crippen LogP contribution in [-0.2, 0) is 16.0 Å². The number of hydrogen-bond acceptors (Lipinski definition) is 4. The molecule has 0 spiro atoms. The van der Waals surface area contributed by atoms with Gasteiger partial charge < -0.3 is 14.4 Å². The van der Waals surface area contributed by atoms with E-state index >= 15 is 0 Å². The summed E-state index contributed by atoms with van der Waals surface area (Å²) >= 11 is 1.44. The number of carbonyl (C=O) groups excluding carboxylic acids is 1. The van der Waals surface area contributed by atoms with Gasteiger partial charge in [0.15, 0.2) is 6.61 Å². The number of thiophene rings is 1. The fraction of sp³-hybridized carbons (Fsp3) is 0.615.